The number of anilines is 1. The predicted octanol–water partition coefficient (Wildman–Crippen LogP) is 1.89. The smallest absolute Gasteiger partial charge is 0.267 e. The average molecular weight is 354 g/mol. The van der Waals surface area contributed by atoms with Crippen LogP contribution in [0.2, 0.25) is 0 Å². The largest absolute Gasteiger partial charge is 0.354 e. The molecule has 26 heavy (non-hydrogen) atoms. The van der Waals surface area contributed by atoms with Crippen LogP contribution in [0.4, 0.5) is 5.69 Å². The Bertz CT molecular complexity index is 863. The van der Waals surface area contributed by atoms with Crippen molar-refractivity contribution in [1.82, 2.24) is 15.2 Å². The Balaban J connectivity index is 1.65. The van der Waals surface area contributed by atoms with Gasteiger partial charge in [-0.15, -0.1) is 0 Å². The Morgan fingerprint density at radius 3 is 2.62 bits per heavy atom. The van der Waals surface area contributed by atoms with Crippen LogP contribution >= 0.6 is 0 Å². The summed E-state index contributed by atoms with van der Waals surface area (Å²) >= 11 is 0. The van der Waals surface area contributed by atoms with Gasteiger partial charge in [0.25, 0.3) is 5.91 Å². The molecule has 0 spiro atoms. The number of piperidine rings is 1. The van der Waals surface area contributed by atoms with Gasteiger partial charge in [0.2, 0.25) is 11.8 Å². The highest BCUT2D eigenvalue weighted by Gasteiger charge is 2.26. The van der Waals surface area contributed by atoms with Crippen molar-refractivity contribution in [3.63, 3.8) is 0 Å². The summed E-state index contributed by atoms with van der Waals surface area (Å²) in [5.41, 5.74) is 2.00. The lowest BCUT2D eigenvalue weighted by Gasteiger charge is -2.30. The summed E-state index contributed by atoms with van der Waals surface area (Å²) in [6.07, 6.45) is 2.58. The third-order valence-corrected chi connectivity index (χ3v) is 4.71. The standard InChI is InChI=1S/C19H22N4O3/c1-3-17(24)23-8-6-12(7-9-23)18(25)21-14-4-5-15-13(10-14)11-16(22-15)19(26)20-2/h3-5,10-12,22H,1,6-9H2,2H3,(H,20,26)(H,21,25). The van der Waals surface area contributed by atoms with Crippen LogP contribution in [0.1, 0.15) is 23.3 Å². The quantitative estimate of drug-likeness (QED) is 0.732. The van der Waals surface area contributed by atoms with Crippen molar-refractivity contribution in [3.05, 3.63) is 42.6 Å². The number of amides is 3. The highest BCUT2D eigenvalue weighted by molar-refractivity contribution is 6.00. The Morgan fingerprint density at radius 1 is 1.23 bits per heavy atom. The number of likely N-dealkylation sites (tertiary alicyclic amines) is 1. The van der Waals surface area contributed by atoms with Crippen LogP contribution in [0.3, 0.4) is 0 Å². The molecule has 1 aromatic heterocycles. The van der Waals surface area contributed by atoms with Crippen LogP contribution in [0, 0.1) is 5.92 Å². The lowest BCUT2D eigenvalue weighted by molar-refractivity contribution is -0.130. The first kappa shape index (κ1) is 17.7. The Kier molecular flexibility index (Phi) is 5.06. The molecule has 0 aliphatic carbocycles. The van der Waals surface area contributed by atoms with Gasteiger partial charge in [-0.2, -0.15) is 0 Å². The highest BCUT2D eigenvalue weighted by Crippen LogP contribution is 2.23. The molecular formula is C19H22N4O3. The van der Waals surface area contributed by atoms with Crippen molar-refractivity contribution in [2.45, 2.75) is 12.8 Å². The number of nitrogens with one attached hydrogen (secondary N) is 3. The number of H-pyrrole nitrogens is 1. The van der Waals surface area contributed by atoms with Gasteiger partial charge in [-0.1, -0.05) is 6.58 Å². The van der Waals surface area contributed by atoms with Crippen LogP contribution in [-0.2, 0) is 9.59 Å². The molecule has 1 aliphatic rings. The molecule has 1 aromatic carbocycles. The van der Waals surface area contributed by atoms with Crippen molar-refractivity contribution in [2.75, 3.05) is 25.5 Å². The number of nitrogens with zero attached hydrogens (tertiary/aromatic N) is 1. The number of benzene rings is 1. The zero-order chi connectivity index (χ0) is 18.7. The minimum absolute atomic E-state index is 0.0443. The monoisotopic (exact) mass is 354 g/mol. The number of carbonyl (C=O) groups excluding carboxylic acids is 3. The van der Waals surface area contributed by atoms with Gasteiger partial charge in [0.15, 0.2) is 0 Å². The summed E-state index contributed by atoms with van der Waals surface area (Å²) in [6, 6.07) is 7.24. The molecule has 0 atom stereocenters. The number of aromatic nitrogens is 1. The van der Waals surface area contributed by atoms with E-state index >= 15 is 0 Å². The normalized spacial score (nSPS) is 14.9. The molecule has 3 amide bonds. The fraction of sp³-hybridized carbons (Fsp3) is 0.316. The molecule has 1 saturated heterocycles. The predicted molar refractivity (Wildman–Crippen MR) is 99.8 cm³/mol. The van der Waals surface area contributed by atoms with Gasteiger partial charge < -0.3 is 20.5 Å². The summed E-state index contributed by atoms with van der Waals surface area (Å²) < 4.78 is 0. The van der Waals surface area contributed by atoms with E-state index in [-0.39, 0.29) is 23.6 Å². The molecule has 3 N–H and O–H groups in total. The van der Waals surface area contributed by atoms with Gasteiger partial charge in [0.05, 0.1) is 0 Å². The van der Waals surface area contributed by atoms with E-state index in [2.05, 4.69) is 22.2 Å². The first-order valence-electron chi connectivity index (χ1n) is 8.59. The van der Waals surface area contributed by atoms with Crippen molar-refractivity contribution >= 4 is 34.3 Å². The van der Waals surface area contributed by atoms with E-state index in [0.29, 0.717) is 37.3 Å². The van der Waals surface area contributed by atoms with E-state index in [1.165, 1.54) is 6.08 Å². The Hall–Kier alpha value is -3.09. The van der Waals surface area contributed by atoms with Gasteiger partial charge in [-0.3, -0.25) is 14.4 Å². The summed E-state index contributed by atoms with van der Waals surface area (Å²) in [7, 11) is 1.58. The highest BCUT2D eigenvalue weighted by atomic mass is 16.2. The van der Waals surface area contributed by atoms with E-state index in [0.717, 1.165) is 10.9 Å². The second-order valence-corrected chi connectivity index (χ2v) is 6.36. The molecule has 0 unspecified atom stereocenters. The van der Waals surface area contributed by atoms with Gasteiger partial charge in [-0.25, -0.2) is 0 Å². The SMILES string of the molecule is C=CC(=O)N1CCC(C(=O)Nc2ccc3[nH]c(C(=O)NC)cc3c2)CC1. The summed E-state index contributed by atoms with van der Waals surface area (Å²) in [4.78, 5) is 40.6. The zero-order valence-corrected chi connectivity index (χ0v) is 14.7. The summed E-state index contributed by atoms with van der Waals surface area (Å²) in [5, 5.41) is 6.37. The van der Waals surface area contributed by atoms with Crippen molar-refractivity contribution in [3.8, 4) is 0 Å². The second kappa shape index (κ2) is 7.43. The molecule has 0 bridgehead atoms. The lowest BCUT2D eigenvalue weighted by atomic mass is 9.95. The molecule has 0 saturated carbocycles. The second-order valence-electron chi connectivity index (χ2n) is 6.36. The molecule has 2 aromatic rings. The number of fused-ring (bicyclic) bond motifs is 1. The first-order valence-corrected chi connectivity index (χ1v) is 8.59. The van der Waals surface area contributed by atoms with E-state index in [4.69, 9.17) is 0 Å². The number of hydrogen-bond donors (Lipinski definition) is 3. The van der Waals surface area contributed by atoms with E-state index in [9.17, 15) is 14.4 Å². The maximum atomic E-state index is 12.5. The summed E-state index contributed by atoms with van der Waals surface area (Å²) in [5.74, 6) is -0.439. The lowest BCUT2D eigenvalue weighted by Crippen LogP contribution is -2.40. The van der Waals surface area contributed by atoms with Crippen LogP contribution in [0.15, 0.2) is 36.9 Å². The third-order valence-electron chi connectivity index (χ3n) is 4.71. The minimum atomic E-state index is -0.187. The molecule has 136 valence electrons. The minimum Gasteiger partial charge on any atom is -0.354 e. The first-order chi connectivity index (χ1) is 12.5. The molecule has 0 radical (unpaired) electrons. The van der Waals surface area contributed by atoms with Gasteiger partial charge in [-0.05, 0) is 43.2 Å². The molecule has 3 rings (SSSR count). The van der Waals surface area contributed by atoms with Crippen molar-refractivity contribution < 1.29 is 14.4 Å². The summed E-state index contributed by atoms with van der Waals surface area (Å²) in [6.45, 7) is 4.62. The van der Waals surface area contributed by atoms with Crippen LogP contribution < -0.4 is 10.6 Å². The Labute approximate surface area is 151 Å². The maximum Gasteiger partial charge on any atom is 0.267 e. The van der Waals surface area contributed by atoms with Gasteiger partial charge in [0, 0.05) is 42.6 Å². The number of hydrogen-bond acceptors (Lipinski definition) is 3. The van der Waals surface area contributed by atoms with E-state index in [1.807, 2.05) is 12.1 Å². The fourth-order valence-corrected chi connectivity index (χ4v) is 3.20. The number of aromatic amines is 1. The zero-order valence-electron chi connectivity index (χ0n) is 14.7. The maximum absolute atomic E-state index is 12.5. The molecule has 1 aliphatic heterocycles. The molecule has 7 nitrogen and oxygen atoms in total. The van der Waals surface area contributed by atoms with E-state index in [1.54, 1.807) is 24.1 Å². The van der Waals surface area contributed by atoms with Crippen LogP contribution in [-0.4, -0.2) is 47.7 Å². The topological polar surface area (TPSA) is 94.3 Å². The van der Waals surface area contributed by atoms with Crippen LogP contribution in [0.5, 0.6) is 0 Å². The van der Waals surface area contributed by atoms with E-state index < -0.39 is 0 Å². The van der Waals surface area contributed by atoms with Crippen molar-refractivity contribution in [2.24, 2.45) is 5.92 Å². The van der Waals surface area contributed by atoms with Crippen molar-refractivity contribution in [1.29, 1.82) is 0 Å². The molecule has 1 fully saturated rings. The average Bonchev–Trinajstić information content (AvgIpc) is 3.10. The molecule has 2 heterocycles. The molecule has 7 heteroatoms. The Morgan fingerprint density at radius 2 is 1.96 bits per heavy atom. The van der Waals surface area contributed by atoms with Gasteiger partial charge >= 0.3 is 0 Å². The third kappa shape index (κ3) is 3.61. The van der Waals surface area contributed by atoms with Gasteiger partial charge in [0.1, 0.15) is 5.69 Å². The number of rotatable bonds is 4. The fourth-order valence-electron chi connectivity index (χ4n) is 3.20. The number of carbonyl (C=O) groups is 3. The molecular weight excluding hydrogens is 332 g/mol. The van der Waals surface area contributed by atoms with Crippen LogP contribution in [0.25, 0.3) is 10.9 Å².